The molecule has 1 saturated carbocycles. The summed E-state index contributed by atoms with van der Waals surface area (Å²) in [5.74, 6) is 1.89. The lowest BCUT2D eigenvalue weighted by Crippen LogP contribution is -2.37. The van der Waals surface area contributed by atoms with E-state index in [1.165, 1.54) is 64.6 Å². The van der Waals surface area contributed by atoms with Crippen LogP contribution in [0.5, 0.6) is 0 Å². The molecule has 0 aromatic heterocycles. The van der Waals surface area contributed by atoms with Crippen molar-refractivity contribution >= 4 is 0 Å². The highest BCUT2D eigenvalue weighted by Gasteiger charge is 2.28. The highest BCUT2D eigenvalue weighted by atomic mass is 15.1. The zero-order valence-electron chi connectivity index (χ0n) is 10.8. The number of hydrogen-bond acceptors (Lipinski definition) is 2. The maximum atomic E-state index is 6.14. The fraction of sp³-hybridized carbons (Fsp3) is 1.00. The number of nitrogens with two attached hydrogens (primary N) is 1. The average molecular weight is 224 g/mol. The summed E-state index contributed by atoms with van der Waals surface area (Å²) in [6.07, 6.45) is 9.65. The van der Waals surface area contributed by atoms with Crippen LogP contribution in [-0.4, -0.2) is 30.6 Å². The van der Waals surface area contributed by atoms with Crippen LogP contribution in [0.3, 0.4) is 0 Å². The average Bonchev–Trinajstić information content (AvgIpc) is 3.12. The number of likely N-dealkylation sites (tertiary alicyclic amines) is 1. The van der Waals surface area contributed by atoms with Crippen LogP contribution in [0.25, 0.3) is 0 Å². The molecule has 0 amide bonds. The molecule has 94 valence electrons. The standard InChI is InChI=1S/C14H28N2/c1-2-3-12-6-9-16(10-7-12)11-8-14(15)13-4-5-13/h12-14H,2-11,15H2,1H3. The molecule has 2 nitrogen and oxygen atoms in total. The van der Waals surface area contributed by atoms with Crippen LogP contribution in [0.1, 0.15) is 51.9 Å². The second kappa shape index (κ2) is 6.02. The van der Waals surface area contributed by atoms with Crippen molar-refractivity contribution in [3.63, 3.8) is 0 Å². The smallest absolute Gasteiger partial charge is 0.00793 e. The minimum atomic E-state index is 0.494. The predicted molar refractivity (Wildman–Crippen MR) is 69.4 cm³/mol. The first-order valence-corrected chi connectivity index (χ1v) is 7.27. The Morgan fingerprint density at radius 3 is 2.44 bits per heavy atom. The normalized spacial score (nSPS) is 25.9. The minimum absolute atomic E-state index is 0.494. The summed E-state index contributed by atoms with van der Waals surface area (Å²) in [5.41, 5.74) is 6.14. The van der Waals surface area contributed by atoms with Crippen LogP contribution in [0, 0.1) is 11.8 Å². The summed E-state index contributed by atoms with van der Waals surface area (Å²) in [5, 5.41) is 0. The molecule has 1 aliphatic carbocycles. The van der Waals surface area contributed by atoms with Crippen LogP contribution < -0.4 is 5.73 Å². The van der Waals surface area contributed by atoms with Gasteiger partial charge in [0.25, 0.3) is 0 Å². The van der Waals surface area contributed by atoms with Crippen molar-refractivity contribution in [1.29, 1.82) is 0 Å². The van der Waals surface area contributed by atoms with Gasteiger partial charge in [0.05, 0.1) is 0 Å². The predicted octanol–water partition coefficient (Wildman–Crippen LogP) is 2.63. The Hall–Kier alpha value is -0.0800. The van der Waals surface area contributed by atoms with Gasteiger partial charge in [-0.3, -0.25) is 0 Å². The number of hydrogen-bond donors (Lipinski definition) is 1. The Kier molecular flexibility index (Phi) is 4.66. The molecule has 2 aliphatic rings. The summed E-state index contributed by atoms with van der Waals surface area (Å²) >= 11 is 0. The molecule has 1 atom stereocenters. The molecule has 2 fully saturated rings. The molecule has 1 heterocycles. The van der Waals surface area contributed by atoms with Crippen LogP contribution in [0.2, 0.25) is 0 Å². The Morgan fingerprint density at radius 2 is 1.88 bits per heavy atom. The largest absolute Gasteiger partial charge is 0.327 e. The first-order chi connectivity index (χ1) is 7.79. The number of nitrogens with zero attached hydrogens (tertiary/aromatic N) is 1. The van der Waals surface area contributed by atoms with Gasteiger partial charge in [-0.25, -0.2) is 0 Å². The van der Waals surface area contributed by atoms with Crippen molar-refractivity contribution in [2.45, 2.75) is 57.9 Å². The lowest BCUT2D eigenvalue weighted by Gasteiger charge is -2.32. The summed E-state index contributed by atoms with van der Waals surface area (Å²) in [6, 6.07) is 0.494. The van der Waals surface area contributed by atoms with Gasteiger partial charge in [0.15, 0.2) is 0 Å². The summed E-state index contributed by atoms with van der Waals surface area (Å²) in [4.78, 5) is 2.63. The van der Waals surface area contributed by atoms with E-state index in [0.717, 1.165) is 11.8 Å². The zero-order valence-corrected chi connectivity index (χ0v) is 10.8. The van der Waals surface area contributed by atoms with E-state index in [2.05, 4.69) is 11.8 Å². The Morgan fingerprint density at radius 1 is 1.19 bits per heavy atom. The van der Waals surface area contributed by atoms with Gasteiger partial charge >= 0.3 is 0 Å². The van der Waals surface area contributed by atoms with Gasteiger partial charge < -0.3 is 10.6 Å². The Bertz CT molecular complexity index is 193. The summed E-state index contributed by atoms with van der Waals surface area (Å²) < 4.78 is 0. The maximum Gasteiger partial charge on any atom is 0.00793 e. The molecule has 2 heteroatoms. The molecule has 2 N–H and O–H groups in total. The van der Waals surface area contributed by atoms with E-state index < -0.39 is 0 Å². The fourth-order valence-electron chi connectivity index (χ4n) is 3.00. The first-order valence-electron chi connectivity index (χ1n) is 7.27. The fourth-order valence-corrected chi connectivity index (χ4v) is 3.00. The van der Waals surface area contributed by atoms with Crippen molar-refractivity contribution in [1.82, 2.24) is 4.90 Å². The Labute approximate surface area is 101 Å². The van der Waals surface area contributed by atoms with E-state index in [4.69, 9.17) is 5.73 Å². The summed E-state index contributed by atoms with van der Waals surface area (Å²) in [6.45, 7) is 6.20. The van der Waals surface area contributed by atoms with Crippen LogP contribution in [0.4, 0.5) is 0 Å². The van der Waals surface area contributed by atoms with E-state index in [-0.39, 0.29) is 0 Å². The van der Waals surface area contributed by atoms with Gasteiger partial charge in [0, 0.05) is 6.04 Å². The molecule has 2 rings (SSSR count). The van der Waals surface area contributed by atoms with Crippen LogP contribution >= 0.6 is 0 Å². The number of piperidine rings is 1. The van der Waals surface area contributed by atoms with E-state index in [9.17, 15) is 0 Å². The van der Waals surface area contributed by atoms with Crippen molar-refractivity contribution in [2.75, 3.05) is 19.6 Å². The molecule has 0 aromatic rings. The Balaban J connectivity index is 1.57. The first kappa shape index (κ1) is 12.4. The molecule has 0 bridgehead atoms. The maximum absolute atomic E-state index is 6.14. The topological polar surface area (TPSA) is 29.3 Å². The second-order valence-electron chi connectivity index (χ2n) is 5.86. The van der Waals surface area contributed by atoms with E-state index >= 15 is 0 Å². The molecule has 1 unspecified atom stereocenters. The van der Waals surface area contributed by atoms with Crippen molar-refractivity contribution in [2.24, 2.45) is 17.6 Å². The van der Waals surface area contributed by atoms with Gasteiger partial charge in [-0.05, 0) is 63.6 Å². The van der Waals surface area contributed by atoms with Crippen LogP contribution in [0.15, 0.2) is 0 Å². The van der Waals surface area contributed by atoms with Gasteiger partial charge in [-0.1, -0.05) is 19.8 Å². The van der Waals surface area contributed by atoms with Crippen LogP contribution in [-0.2, 0) is 0 Å². The lowest BCUT2D eigenvalue weighted by atomic mass is 9.92. The highest BCUT2D eigenvalue weighted by Crippen LogP contribution is 2.33. The quantitative estimate of drug-likeness (QED) is 0.751. The minimum Gasteiger partial charge on any atom is -0.327 e. The van der Waals surface area contributed by atoms with Gasteiger partial charge in [-0.15, -0.1) is 0 Å². The molecule has 0 aromatic carbocycles. The van der Waals surface area contributed by atoms with Crippen molar-refractivity contribution in [3.05, 3.63) is 0 Å². The third-order valence-electron chi connectivity index (χ3n) is 4.41. The van der Waals surface area contributed by atoms with Crippen molar-refractivity contribution in [3.8, 4) is 0 Å². The molecule has 0 radical (unpaired) electrons. The molecular weight excluding hydrogens is 196 g/mol. The molecular formula is C14H28N2. The lowest BCUT2D eigenvalue weighted by molar-refractivity contribution is 0.172. The molecule has 1 aliphatic heterocycles. The monoisotopic (exact) mass is 224 g/mol. The molecule has 1 saturated heterocycles. The zero-order chi connectivity index (χ0) is 11.4. The third kappa shape index (κ3) is 3.74. The van der Waals surface area contributed by atoms with E-state index in [1.807, 2.05) is 0 Å². The number of rotatable bonds is 6. The summed E-state index contributed by atoms with van der Waals surface area (Å²) in [7, 11) is 0. The molecule has 0 spiro atoms. The third-order valence-corrected chi connectivity index (χ3v) is 4.41. The second-order valence-corrected chi connectivity index (χ2v) is 5.86. The molecule has 16 heavy (non-hydrogen) atoms. The highest BCUT2D eigenvalue weighted by molar-refractivity contribution is 4.85. The van der Waals surface area contributed by atoms with Gasteiger partial charge in [0.2, 0.25) is 0 Å². The van der Waals surface area contributed by atoms with E-state index in [1.54, 1.807) is 0 Å². The van der Waals surface area contributed by atoms with Gasteiger partial charge in [-0.2, -0.15) is 0 Å². The van der Waals surface area contributed by atoms with Crippen molar-refractivity contribution < 1.29 is 0 Å². The van der Waals surface area contributed by atoms with Gasteiger partial charge in [0.1, 0.15) is 0 Å². The SMILES string of the molecule is CCCC1CCN(CCC(N)C2CC2)CC1. The van der Waals surface area contributed by atoms with E-state index in [0.29, 0.717) is 6.04 Å².